The lowest BCUT2D eigenvalue weighted by atomic mass is 10.0. The predicted octanol–water partition coefficient (Wildman–Crippen LogP) is 3.59. The van der Waals surface area contributed by atoms with Crippen LogP contribution in [0.4, 0.5) is 5.82 Å². The molecule has 178 valence electrons. The van der Waals surface area contributed by atoms with Crippen LogP contribution in [0.2, 0.25) is 5.02 Å². The summed E-state index contributed by atoms with van der Waals surface area (Å²) in [5.41, 5.74) is 4.86. The summed E-state index contributed by atoms with van der Waals surface area (Å²) in [4.78, 5) is 9.42. The van der Waals surface area contributed by atoms with Crippen molar-refractivity contribution in [1.29, 1.82) is 0 Å². The van der Waals surface area contributed by atoms with Gasteiger partial charge in [-0.05, 0) is 24.1 Å². The van der Waals surface area contributed by atoms with Crippen LogP contribution in [-0.2, 0) is 7.05 Å². The molecule has 1 saturated heterocycles. The molecular formula is C25H30ClN7O. The van der Waals surface area contributed by atoms with Gasteiger partial charge in [0.25, 0.3) is 0 Å². The quantitative estimate of drug-likeness (QED) is 0.455. The number of aliphatic hydroxyl groups excluding tert-OH is 1. The van der Waals surface area contributed by atoms with E-state index < -0.39 is 0 Å². The third-order valence-corrected chi connectivity index (χ3v) is 6.85. The molecule has 1 fully saturated rings. The van der Waals surface area contributed by atoms with Crippen molar-refractivity contribution >= 4 is 22.9 Å². The third-order valence-electron chi connectivity index (χ3n) is 6.58. The summed E-state index contributed by atoms with van der Waals surface area (Å²) in [7, 11) is 1.91. The molecule has 5 heterocycles. The number of hydrogen-bond acceptors (Lipinski definition) is 6. The number of β-amino-alcohol motifs (C(OH)–C–C–N with tert-alkyl or cyclic N) is 1. The lowest BCUT2D eigenvalue weighted by molar-refractivity contribution is 0.0739. The van der Waals surface area contributed by atoms with E-state index in [1.165, 1.54) is 0 Å². The van der Waals surface area contributed by atoms with Crippen LogP contribution < -0.4 is 4.90 Å². The highest BCUT2D eigenvalue weighted by molar-refractivity contribution is 6.34. The van der Waals surface area contributed by atoms with Gasteiger partial charge in [0.15, 0.2) is 0 Å². The van der Waals surface area contributed by atoms with Gasteiger partial charge in [0, 0.05) is 80.6 Å². The van der Waals surface area contributed by atoms with E-state index >= 15 is 0 Å². The first kappa shape index (κ1) is 22.8. The van der Waals surface area contributed by atoms with Gasteiger partial charge < -0.3 is 10.0 Å². The molecule has 1 atom stereocenters. The molecule has 4 aromatic rings. The molecule has 0 bridgehead atoms. The highest BCUT2D eigenvalue weighted by Gasteiger charge is 2.21. The number of aryl methyl sites for hydroxylation is 1. The van der Waals surface area contributed by atoms with Gasteiger partial charge in [0.05, 0.1) is 29.0 Å². The van der Waals surface area contributed by atoms with Gasteiger partial charge in [0.1, 0.15) is 5.82 Å². The van der Waals surface area contributed by atoms with Gasteiger partial charge in [-0.1, -0.05) is 25.4 Å². The van der Waals surface area contributed by atoms with Gasteiger partial charge in [0.2, 0.25) is 0 Å². The number of anilines is 1. The molecule has 0 saturated carbocycles. The number of rotatable bonds is 6. The van der Waals surface area contributed by atoms with E-state index in [4.69, 9.17) is 16.6 Å². The molecule has 1 unspecified atom stereocenters. The fourth-order valence-electron chi connectivity index (χ4n) is 4.40. The molecule has 0 aliphatic carbocycles. The van der Waals surface area contributed by atoms with Crippen molar-refractivity contribution in [3.05, 3.63) is 54.2 Å². The Morgan fingerprint density at radius 1 is 0.971 bits per heavy atom. The van der Waals surface area contributed by atoms with Crippen LogP contribution in [0, 0.1) is 5.92 Å². The third kappa shape index (κ3) is 4.53. The maximum atomic E-state index is 10.2. The molecule has 9 heteroatoms. The van der Waals surface area contributed by atoms with E-state index in [9.17, 15) is 5.11 Å². The summed E-state index contributed by atoms with van der Waals surface area (Å²) in [6.07, 6.45) is 9.10. The normalized spacial score (nSPS) is 16.0. The summed E-state index contributed by atoms with van der Waals surface area (Å²) in [5, 5.41) is 19.5. The maximum absolute atomic E-state index is 10.2. The Balaban J connectivity index is 1.38. The number of fused-ring (bicyclic) bond motifs is 1. The molecule has 1 aliphatic rings. The number of halogens is 1. The highest BCUT2D eigenvalue weighted by atomic mass is 35.5. The molecule has 0 spiro atoms. The summed E-state index contributed by atoms with van der Waals surface area (Å²) in [6, 6.07) is 6.30. The van der Waals surface area contributed by atoms with Gasteiger partial charge in [-0.2, -0.15) is 10.2 Å². The number of nitrogens with zero attached hydrogens (tertiary/aromatic N) is 7. The second-order valence-electron chi connectivity index (χ2n) is 9.33. The second kappa shape index (κ2) is 9.37. The minimum atomic E-state index is -0.279. The first-order valence-corrected chi connectivity index (χ1v) is 12.0. The van der Waals surface area contributed by atoms with Crippen molar-refractivity contribution in [2.24, 2.45) is 13.0 Å². The highest BCUT2D eigenvalue weighted by Crippen LogP contribution is 2.34. The standard InChI is InChI=1S/C25H30ClN7O/c1-17(2)23(34)16-31-6-8-32(9-7-31)24-5-4-18(11-27-24)21-10-19(20-12-28-30(3)14-20)15-33-25(21)22(26)13-29-33/h4-5,10-15,17,23,34H,6-9,16H2,1-3H3. The van der Waals surface area contributed by atoms with E-state index in [0.717, 1.165) is 66.3 Å². The van der Waals surface area contributed by atoms with Crippen LogP contribution in [0.25, 0.3) is 27.8 Å². The lowest BCUT2D eigenvalue weighted by Crippen LogP contribution is -2.49. The Bertz CT molecular complexity index is 1270. The molecule has 34 heavy (non-hydrogen) atoms. The lowest BCUT2D eigenvalue weighted by Gasteiger charge is -2.36. The van der Waals surface area contributed by atoms with Crippen molar-refractivity contribution in [2.75, 3.05) is 37.6 Å². The number of aromatic nitrogens is 5. The molecular weight excluding hydrogens is 450 g/mol. The topological polar surface area (TPSA) is 74.7 Å². The van der Waals surface area contributed by atoms with Crippen molar-refractivity contribution in [3.63, 3.8) is 0 Å². The number of piperazine rings is 1. The molecule has 8 nitrogen and oxygen atoms in total. The van der Waals surface area contributed by atoms with Gasteiger partial charge in [-0.3, -0.25) is 9.58 Å². The SMILES string of the molecule is CC(C)C(O)CN1CCN(c2ccc(-c3cc(-c4cnn(C)c4)cn4ncc(Cl)c34)cn2)CC1. The Morgan fingerprint density at radius 3 is 2.41 bits per heavy atom. The van der Waals surface area contributed by atoms with Crippen molar-refractivity contribution < 1.29 is 5.11 Å². The zero-order valence-electron chi connectivity index (χ0n) is 19.8. The first-order valence-electron chi connectivity index (χ1n) is 11.7. The average Bonchev–Trinajstić information content (AvgIpc) is 3.45. The van der Waals surface area contributed by atoms with Gasteiger partial charge in [-0.25, -0.2) is 9.50 Å². The smallest absolute Gasteiger partial charge is 0.128 e. The van der Waals surface area contributed by atoms with E-state index in [-0.39, 0.29) is 12.0 Å². The summed E-state index contributed by atoms with van der Waals surface area (Å²) >= 11 is 6.50. The van der Waals surface area contributed by atoms with Crippen LogP contribution in [0.1, 0.15) is 13.8 Å². The number of hydrogen-bond donors (Lipinski definition) is 1. The van der Waals surface area contributed by atoms with E-state index in [0.29, 0.717) is 5.02 Å². The Kier molecular flexibility index (Phi) is 6.29. The van der Waals surface area contributed by atoms with Crippen LogP contribution in [0.3, 0.4) is 0 Å². The molecule has 4 aromatic heterocycles. The molecule has 5 rings (SSSR count). The second-order valence-corrected chi connectivity index (χ2v) is 9.74. The van der Waals surface area contributed by atoms with Crippen molar-refractivity contribution in [2.45, 2.75) is 20.0 Å². The zero-order chi connectivity index (χ0) is 23.8. The molecule has 0 amide bonds. The largest absolute Gasteiger partial charge is 0.392 e. The van der Waals surface area contributed by atoms with Crippen LogP contribution >= 0.6 is 11.6 Å². The Morgan fingerprint density at radius 2 is 1.76 bits per heavy atom. The summed E-state index contributed by atoms with van der Waals surface area (Å²) in [5.74, 6) is 1.24. The molecule has 1 N–H and O–H groups in total. The summed E-state index contributed by atoms with van der Waals surface area (Å²) < 4.78 is 3.60. The van der Waals surface area contributed by atoms with Crippen molar-refractivity contribution in [1.82, 2.24) is 29.3 Å². The molecule has 1 aliphatic heterocycles. The van der Waals surface area contributed by atoms with Crippen molar-refractivity contribution in [3.8, 4) is 22.3 Å². The van der Waals surface area contributed by atoms with E-state index in [2.05, 4.69) is 52.0 Å². The predicted molar refractivity (Wildman–Crippen MR) is 135 cm³/mol. The fourth-order valence-corrected chi connectivity index (χ4v) is 4.63. The average molecular weight is 480 g/mol. The Labute approximate surface area is 204 Å². The Hall–Kier alpha value is -2.94. The molecule has 0 radical (unpaired) electrons. The number of pyridine rings is 2. The summed E-state index contributed by atoms with van der Waals surface area (Å²) in [6.45, 7) is 8.48. The fraction of sp³-hybridized carbons (Fsp3) is 0.400. The van der Waals surface area contributed by atoms with Crippen LogP contribution in [-0.4, -0.2) is 73.2 Å². The first-order chi connectivity index (χ1) is 16.4. The monoisotopic (exact) mass is 479 g/mol. The van der Waals surface area contributed by atoms with Gasteiger partial charge in [-0.15, -0.1) is 0 Å². The molecule has 0 aromatic carbocycles. The van der Waals surface area contributed by atoms with E-state index in [1.807, 2.05) is 36.4 Å². The van der Waals surface area contributed by atoms with Gasteiger partial charge >= 0.3 is 0 Å². The number of aliphatic hydroxyl groups is 1. The zero-order valence-corrected chi connectivity index (χ0v) is 20.5. The maximum Gasteiger partial charge on any atom is 0.128 e. The minimum Gasteiger partial charge on any atom is -0.392 e. The minimum absolute atomic E-state index is 0.277. The van der Waals surface area contributed by atoms with E-state index in [1.54, 1.807) is 10.9 Å². The van der Waals surface area contributed by atoms with Crippen LogP contribution in [0.5, 0.6) is 0 Å². The van der Waals surface area contributed by atoms with Crippen LogP contribution in [0.15, 0.2) is 49.2 Å².